The molecule has 1 aromatic carbocycles. The van der Waals surface area contributed by atoms with Crippen LogP contribution in [0, 0.1) is 20.8 Å². The first-order chi connectivity index (χ1) is 14.3. The minimum Gasteiger partial charge on any atom is -0.487 e. The molecule has 5 N–H and O–H groups in total. The zero-order chi connectivity index (χ0) is 23.6. The minimum absolute atomic E-state index is 0.0991. The molecule has 31 heavy (non-hydrogen) atoms. The molecular weight excluding hydrogens is 424 g/mol. The summed E-state index contributed by atoms with van der Waals surface area (Å²) in [6.07, 6.45) is 1.35. The number of aliphatic carboxylic acids is 1. The van der Waals surface area contributed by atoms with Crippen LogP contribution in [-0.4, -0.2) is 50.1 Å². The predicted octanol–water partition coefficient (Wildman–Crippen LogP) is 0.898. The number of benzene rings is 1. The molecule has 0 aliphatic carbocycles. The van der Waals surface area contributed by atoms with Crippen LogP contribution in [0.25, 0.3) is 0 Å². The van der Waals surface area contributed by atoms with E-state index in [9.17, 15) is 18.0 Å². The van der Waals surface area contributed by atoms with Gasteiger partial charge in [-0.25, -0.2) is 17.9 Å². The van der Waals surface area contributed by atoms with Gasteiger partial charge in [-0.3, -0.25) is 9.79 Å². The van der Waals surface area contributed by atoms with Crippen molar-refractivity contribution in [3.05, 3.63) is 22.3 Å². The van der Waals surface area contributed by atoms with E-state index in [0.717, 1.165) is 16.9 Å². The molecule has 0 saturated carbocycles. The van der Waals surface area contributed by atoms with Gasteiger partial charge in [0.15, 0.2) is 0 Å². The summed E-state index contributed by atoms with van der Waals surface area (Å²) in [5.74, 6) is -0.712. The van der Waals surface area contributed by atoms with Crippen molar-refractivity contribution in [3.8, 4) is 5.75 Å². The van der Waals surface area contributed by atoms with E-state index >= 15 is 0 Å². The number of amides is 1. The van der Waals surface area contributed by atoms with Crippen LogP contribution in [0.3, 0.4) is 0 Å². The number of nitrogens with zero attached hydrogens (tertiary/aromatic N) is 1. The minimum atomic E-state index is -3.99. The van der Waals surface area contributed by atoms with Gasteiger partial charge < -0.3 is 20.9 Å². The molecule has 1 aliphatic heterocycles. The fraction of sp³-hybridized carbons (Fsp3) is 0.550. The molecule has 0 spiro atoms. The Morgan fingerprint density at radius 2 is 1.94 bits per heavy atom. The van der Waals surface area contributed by atoms with Gasteiger partial charge in [0, 0.05) is 18.5 Å². The zero-order valence-corrected chi connectivity index (χ0v) is 19.2. The van der Waals surface area contributed by atoms with Crippen LogP contribution in [0.4, 0.5) is 0 Å². The van der Waals surface area contributed by atoms with Crippen molar-refractivity contribution in [3.63, 3.8) is 0 Å². The summed E-state index contributed by atoms with van der Waals surface area (Å²) in [5.41, 5.74) is 8.20. The SMILES string of the molecule is Cc1c(C)c(S(=O)(=O)NC(N)=NCCCC(NC=O)C(=O)O)c(C)c2c1OC(C)(C)C2. The van der Waals surface area contributed by atoms with Gasteiger partial charge in [-0.15, -0.1) is 0 Å². The molecule has 172 valence electrons. The topological polar surface area (TPSA) is 160 Å². The fourth-order valence-electron chi connectivity index (χ4n) is 3.72. The number of aliphatic imine (C=N–C) groups is 1. The Labute approximate surface area is 182 Å². The number of carbonyl (C=O) groups is 2. The number of nitrogens with one attached hydrogen (secondary N) is 2. The van der Waals surface area contributed by atoms with Crippen LogP contribution in [0.2, 0.25) is 0 Å². The van der Waals surface area contributed by atoms with Crippen molar-refractivity contribution in [2.75, 3.05) is 6.54 Å². The Hall–Kier alpha value is -2.82. The number of carboxylic acid groups (broad SMARTS) is 1. The molecule has 0 radical (unpaired) electrons. The maximum Gasteiger partial charge on any atom is 0.326 e. The van der Waals surface area contributed by atoms with Gasteiger partial charge in [-0.05, 0) is 64.2 Å². The number of rotatable bonds is 9. The quantitative estimate of drug-likeness (QED) is 0.187. The third-order valence-electron chi connectivity index (χ3n) is 5.30. The Balaban J connectivity index is 2.18. The second-order valence-electron chi connectivity index (χ2n) is 8.24. The summed E-state index contributed by atoms with van der Waals surface area (Å²) < 4.78 is 34.5. The average molecular weight is 455 g/mol. The molecule has 0 aromatic heterocycles. The first kappa shape index (κ1) is 24.4. The summed E-state index contributed by atoms with van der Waals surface area (Å²) in [6, 6.07) is -1.03. The van der Waals surface area contributed by atoms with Crippen molar-refractivity contribution >= 4 is 28.4 Å². The number of fused-ring (bicyclic) bond motifs is 1. The lowest BCUT2D eigenvalue weighted by atomic mass is 9.94. The van der Waals surface area contributed by atoms with E-state index in [1.807, 2.05) is 20.8 Å². The molecule has 11 heteroatoms. The van der Waals surface area contributed by atoms with E-state index in [4.69, 9.17) is 15.6 Å². The largest absolute Gasteiger partial charge is 0.487 e. The number of carbonyl (C=O) groups excluding carboxylic acids is 1. The second-order valence-corrected chi connectivity index (χ2v) is 9.86. The predicted molar refractivity (Wildman–Crippen MR) is 116 cm³/mol. The maximum atomic E-state index is 13.1. The van der Waals surface area contributed by atoms with Gasteiger partial charge in [0.05, 0.1) is 4.90 Å². The van der Waals surface area contributed by atoms with E-state index in [-0.39, 0.29) is 23.8 Å². The molecule has 1 amide bonds. The Bertz CT molecular complexity index is 1020. The maximum absolute atomic E-state index is 13.1. The lowest BCUT2D eigenvalue weighted by molar-refractivity contribution is -0.140. The molecule has 2 rings (SSSR count). The van der Waals surface area contributed by atoms with E-state index in [1.165, 1.54) is 0 Å². The molecular formula is C20H30N4O6S. The Kier molecular flexibility index (Phi) is 7.20. The lowest BCUT2D eigenvalue weighted by Gasteiger charge is -2.19. The van der Waals surface area contributed by atoms with Crippen LogP contribution in [0.1, 0.15) is 48.9 Å². The number of hydrogen-bond donors (Lipinski definition) is 4. The van der Waals surface area contributed by atoms with E-state index in [0.29, 0.717) is 30.4 Å². The van der Waals surface area contributed by atoms with Crippen LogP contribution in [0.5, 0.6) is 5.75 Å². The molecule has 0 saturated heterocycles. The van der Waals surface area contributed by atoms with Crippen molar-refractivity contribution < 1.29 is 27.9 Å². The number of hydrogen-bond acceptors (Lipinski definition) is 6. The molecule has 1 atom stereocenters. The first-order valence-corrected chi connectivity index (χ1v) is 11.4. The monoisotopic (exact) mass is 454 g/mol. The summed E-state index contributed by atoms with van der Waals surface area (Å²) >= 11 is 0. The van der Waals surface area contributed by atoms with Gasteiger partial charge in [0.1, 0.15) is 17.4 Å². The van der Waals surface area contributed by atoms with Crippen LogP contribution >= 0.6 is 0 Å². The highest BCUT2D eigenvalue weighted by Gasteiger charge is 2.36. The van der Waals surface area contributed by atoms with Crippen LogP contribution < -0.4 is 20.5 Å². The highest BCUT2D eigenvalue weighted by atomic mass is 32.2. The van der Waals surface area contributed by atoms with Crippen LogP contribution in [-0.2, 0) is 26.0 Å². The molecule has 10 nitrogen and oxygen atoms in total. The molecule has 1 aliphatic rings. The molecule has 0 fully saturated rings. The summed E-state index contributed by atoms with van der Waals surface area (Å²) in [5, 5.41) is 11.2. The zero-order valence-electron chi connectivity index (χ0n) is 18.4. The molecule has 1 heterocycles. The van der Waals surface area contributed by atoms with Gasteiger partial charge in [-0.1, -0.05) is 0 Å². The van der Waals surface area contributed by atoms with Gasteiger partial charge in [0.2, 0.25) is 12.4 Å². The summed E-state index contributed by atoms with van der Waals surface area (Å²) in [7, 11) is -3.99. The lowest BCUT2D eigenvalue weighted by Crippen LogP contribution is -2.38. The number of carboxylic acids is 1. The third kappa shape index (κ3) is 5.46. The van der Waals surface area contributed by atoms with Crippen molar-refractivity contribution in [2.24, 2.45) is 10.7 Å². The highest BCUT2D eigenvalue weighted by Crippen LogP contribution is 2.43. The molecule has 0 bridgehead atoms. The standard InChI is InChI=1S/C20H30N4O6S/c1-11-12(2)17(13(3)14-9-20(4,5)30-16(11)14)31(28,29)24-19(21)22-8-6-7-15(18(26)27)23-10-25/h10,15H,6-9H2,1-5H3,(H,23,25)(H,26,27)(H3,21,22,24). The van der Waals surface area contributed by atoms with Gasteiger partial charge >= 0.3 is 5.97 Å². The Morgan fingerprint density at radius 3 is 2.52 bits per heavy atom. The normalized spacial score (nSPS) is 16.2. The van der Waals surface area contributed by atoms with E-state index in [2.05, 4.69) is 15.0 Å². The molecule has 1 aromatic rings. The fourth-order valence-corrected chi connectivity index (χ4v) is 5.25. The summed E-state index contributed by atoms with van der Waals surface area (Å²) in [6.45, 7) is 9.32. The average Bonchev–Trinajstić information content (AvgIpc) is 2.97. The molecule has 1 unspecified atom stereocenters. The third-order valence-corrected chi connectivity index (χ3v) is 6.93. The van der Waals surface area contributed by atoms with Crippen molar-refractivity contribution in [1.29, 1.82) is 0 Å². The first-order valence-electron chi connectivity index (χ1n) is 9.87. The van der Waals surface area contributed by atoms with Crippen molar-refractivity contribution in [2.45, 2.75) is 70.4 Å². The highest BCUT2D eigenvalue weighted by molar-refractivity contribution is 7.90. The van der Waals surface area contributed by atoms with E-state index < -0.39 is 27.6 Å². The smallest absolute Gasteiger partial charge is 0.326 e. The van der Waals surface area contributed by atoms with Crippen LogP contribution in [0.15, 0.2) is 9.89 Å². The van der Waals surface area contributed by atoms with E-state index in [1.54, 1.807) is 13.8 Å². The van der Waals surface area contributed by atoms with Gasteiger partial charge in [-0.2, -0.15) is 0 Å². The number of sulfonamides is 1. The van der Waals surface area contributed by atoms with Crippen molar-refractivity contribution in [1.82, 2.24) is 10.0 Å². The Morgan fingerprint density at radius 1 is 1.29 bits per heavy atom. The second kappa shape index (κ2) is 9.13. The number of ether oxygens (including phenoxy) is 1. The number of nitrogens with two attached hydrogens (primary N) is 1. The number of guanidine groups is 1. The summed E-state index contributed by atoms with van der Waals surface area (Å²) in [4.78, 5) is 25.6. The van der Waals surface area contributed by atoms with Gasteiger partial charge in [0.25, 0.3) is 10.0 Å².